The van der Waals surface area contributed by atoms with Gasteiger partial charge >= 0.3 is 6.03 Å². The van der Waals surface area contributed by atoms with Crippen molar-refractivity contribution >= 4 is 21.7 Å². The highest BCUT2D eigenvalue weighted by Crippen LogP contribution is 2.41. The number of nitrogens with one attached hydrogen (secondary N) is 3. The van der Waals surface area contributed by atoms with Crippen LogP contribution in [0.3, 0.4) is 0 Å². The molecule has 0 saturated heterocycles. The first kappa shape index (κ1) is 21.2. The second-order valence-electron chi connectivity index (χ2n) is 8.69. The predicted octanol–water partition coefficient (Wildman–Crippen LogP) is 1.70. The second-order valence-corrected chi connectivity index (χ2v) is 10.3. The lowest BCUT2D eigenvalue weighted by Gasteiger charge is -2.25. The minimum absolute atomic E-state index is 0.0532. The fourth-order valence-electron chi connectivity index (χ4n) is 4.94. The molecular weight excluding hydrogens is 432 g/mol. The summed E-state index contributed by atoms with van der Waals surface area (Å²) < 4.78 is 35.2. The van der Waals surface area contributed by atoms with Crippen LogP contribution in [0.1, 0.15) is 55.1 Å². The Labute approximate surface area is 187 Å². The number of amides is 2. The molecular formula is C21H28N6O4S. The molecule has 0 spiro atoms. The van der Waals surface area contributed by atoms with E-state index in [1.807, 2.05) is 6.92 Å². The summed E-state index contributed by atoms with van der Waals surface area (Å²) in [5, 5.41) is 10.2. The van der Waals surface area contributed by atoms with Crippen molar-refractivity contribution in [1.82, 2.24) is 24.8 Å². The lowest BCUT2D eigenvalue weighted by atomic mass is 10.0. The lowest BCUT2D eigenvalue weighted by Crippen LogP contribution is -2.42. The maximum absolute atomic E-state index is 13.0. The molecule has 3 heterocycles. The largest absolute Gasteiger partial charge is 0.475 e. The van der Waals surface area contributed by atoms with Gasteiger partial charge in [0.25, 0.3) is 10.0 Å². The zero-order chi connectivity index (χ0) is 22.5. The molecule has 3 N–H and O–H groups in total. The van der Waals surface area contributed by atoms with Crippen molar-refractivity contribution < 1.29 is 17.9 Å². The van der Waals surface area contributed by atoms with Gasteiger partial charge in [0.05, 0.1) is 24.5 Å². The van der Waals surface area contributed by atoms with Crippen molar-refractivity contribution in [2.75, 3.05) is 18.5 Å². The Hall–Kier alpha value is -2.66. The van der Waals surface area contributed by atoms with E-state index < -0.39 is 16.1 Å². The number of fused-ring (bicyclic) bond motifs is 3. The smallest absolute Gasteiger partial charge is 0.333 e. The maximum Gasteiger partial charge on any atom is 0.333 e. The average Bonchev–Trinajstić information content (AvgIpc) is 3.46. The number of aryl methyl sites for hydroxylation is 1. The number of sulfonamides is 1. The topological polar surface area (TPSA) is 127 Å². The maximum atomic E-state index is 13.0. The molecule has 32 heavy (non-hydrogen) atoms. The number of hydrogen-bond donors (Lipinski definition) is 3. The van der Waals surface area contributed by atoms with E-state index in [1.54, 1.807) is 0 Å². The van der Waals surface area contributed by atoms with Gasteiger partial charge in [0.1, 0.15) is 6.61 Å². The first-order chi connectivity index (χ1) is 15.4. The van der Waals surface area contributed by atoms with E-state index in [0.29, 0.717) is 19.1 Å². The van der Waals surface area contributed by atoms with Crippen LogP contribution in [0.25, 0.3) is 0 Å². The third-order valence-corrected chi connectivity index (χ3v) is 7.79. The molecule has 3 aliphatic rings. The highest BCUT2D eigenvalue weighted by molar-refractivity contribution is 7.90. The van der Waals surface area contributed by atoms with Crippen LogP contribution in [0.2, 0.25) is 0 Å². The number of carbonyl (C=O) groups is 1. The molecule has 2 aromatic heterocycles. The summed E-state index contributed by atoms with van der Waals surface area (Å²) in [5.74, 6) is 0.490. The molecule has 0 bridgehead atoms. The van der Waals surface area contributed by atoms with Gasteiger partial charge in [-0.3, -0.25) is 4.98 Å². The summed E-state index contributed by atoms with van der Waals surface area (Å²) in [5.41, 5.74) is 4.85. The molecule has 11 heteroatoms. The van der Waals surface area contributed by atoms with Gasteiger partial charge in [0, 0.05) is 11.4 Å². The molecule has 2 aromatic rings. The molecule has 10 nitrogen and oxygen atoms in total. The van der Waals surface area contributed by atoms with Gasteiger partial charge in [0.15, 0.2) is 4.90 Å². The fourth-order valence-corrected chi connectivity index (χ4v) is 5.92. The third-order valence-electron chi connectivity index (χ3n) is 6.47. The molecule has 2 amide bonds. The first-order valence-electron chi connectivity index (χ1n) is 11.2. The SMILES string of the molecule is CCNC1COc2c(S(=O)(=O)NC(=O)Nc3c4c(nc5c3CCC5C)CCC4)cnn2C1. The Kier molecular flexibility index (Phi) is 5.32. The molecule has 2 aliphatic carbocycles. The summed E-state index contributed by atoms with van der Waals surface area (Å²) in [7, 11) is -4.15. The Morgan fingerprint density at radius 3 is 2.94 bits per heavy atom. The number of rotatable bonds is 5. The number of likely N-dealkylation sites (N-methyl/N-ethyl adjacent to an activating group) is 1. The van der Waals surface area contributed by atoms with Gasteiger partial charge in [-0.25, -0.2) is 22.6 Å². The summed E-state index contributed by atoms with van der Waals surface area (Å²) >= 11 is 0. The van der Waals surface area contributed by atoms with E-state index in [9.17, 15) is 13.2 Å². The van der Waals surface area contributed by atoms with Crippen LogP contribution in [0.5, 0.6) is 5.88 Å². The van der Waals surface area contributed by atoms with Gasteiger partial charge in [-0.2, -0.15) is 5.10 Å². The summed E-state index contributed by atoms with van der Waals surface area (Å²) in [6.45, 7) is 5.74. The number of anilines is 1. The molecule has 2 atom stereocenters. The van der Waals surface area contributed by atoms with Crippen LogP contribution in [-0.2, 0) is 35.8 Å². The van der Waals surface area contributed by atoms with Crippen molar-refractivity contribution in [3.8, 4) is 5.88 Å². The predicted molar refractivity (Wildman–Crippen MR) is 118 cm³/mol. The number of aromatic nitrogens is 3. The van der Waals surface area contributed by atoms with Crippen LogP contribution >= 0.6 is 0 Å². The summed E-state index contributed by atoms with van der Waals surface area (Å²) in [4.78, 5) is 17.5. The average molecular weight is 461 g/mol. The van der Waals surface area contributed by atoms with E-state index in [1.165, 1.54) is 10.9 Å². The van der Waals surface area contributed by atoms with Crippen molar-refractivity contribution in [3.63, 3.8) is 0 Å². The zero-order valence-electron chi connectivity index (χ0n) is 18.3. The van der Waals surface area contributed by atoms with Crippen LogP contribution in [-0.4, -0.2) is 48.4 Å². The van der Waals surface area contributed by atoms with Crippen molar-refractivity contribution in [3.05, 3.63) is 28.7 Å². The molecule has 0 saturated carbocycles. The van der Waals surface area contributed by atoms with Crippen molar-refractivity contribution in [2.24, 2.45) is 0 Å². The van der Waals surface area contributed by atoms with Crippen LogP contribution in [0.15, 0.2) is 11.1 Å². The fraction of sp³-hybridized carbons (Fsp3) is 0.571. The van der Waals surface area contributed by atoms with E-state index in [0.717, 1.165) is 66.9 Å². The van der Waals surface area contributed by atoms with Gasteiger partial charge < -0.3 is 15.4 Å². The summed E-state index contributed by atoms with van der Waals surface area (Å²) in [6, 6.07) is -0.731. The minimum Gasteiger partial charge on any atom is -0.475 e. The standard InChI is InChI=1S/C21H28N6O4S/c1-3-22-13-10-27-20(31-11-13)17(9-23-27)32(29,30)26-21(28)25-19-14-5-4-6-16(14)24-18-12(2)7-8-15(18)19/h9,12-13,22H,3-8,10-11H2,1-2H3,(H2,24,25,26,28). The second kappa shape index (κ2) is 8.04. The number of ether oxygens (including phenoxy) is 1. The van der Waals surface area contributed by atoms with E-state index in [-0.39, 0.29) is 16.8 Å². The van der Waals surface area contributed by atoms with Crippen molar-refractivity contribution in [1.29, 1.82) is 0 Å². The van der Waals surface area contributed by atoms with Gasteiger partial charge in [-0.05, 0) is 55.7 Å². The van der Waals surface area contributed by atoms with E-state index >= 15 is 0 Å². The number of hydrogen-bond acceptors (Lipinski definition) is 7. The number of carbonyl (C=O) groups excluding carboxylic acids is 1. The normalized spacial score (nSPS) is 21.4. The minimum atomic E-state index is -4.15. The van der Waals surface area contributed by atoms with Gasteiger partial charge in [-0.1, -0.05) is 13.8 Å². The van der Waals surface area contributed by atoms with Crippen molar-refractivity contribution in [2.45, 2.75) is 69.4 Å². The van der Waals surface area contributed by atoms with E-state index in [4.69, 9.17) is 9.72 Å². The van der Waals surface area contributed by atoms with Crippen LogP contribution in [0, 0.1) is 0 Å². The monoisotopic (exact) mass is 460 g/mol. The number of urea groups is 1. The van der Waals surface area contributed by atoms with Gasteiger partial charge in [-0.15, -0.1) is 0 Å². The molecule has 5 rings (SSSR count). The number of pyridine rings is 1. The Morgan fingerprint density at radius 2 is 2.12 bits per heavy atom. The molecule has 0 radical (unpaired) electrons. The Balaban J connectivity index is 1.37. The molecule has 0 aromatic carbocycles. The Bertz CT molecular complexity index is 1180. The molecule has 172 valence electrons. The molecule has 1 aliphatic heterocycles. The van der Waals surface area contributed by atoms with Gasteiger partial charge in [0.2, 0.25) is 5.88 Å². The first-order valence-corrected chi connectivity index (χ1v) is 12.7. The molecule has 0 fully saturated rings. The van der Waals surface area contributed by atoms with E-state index in [2.05, 4.69) is 27.4 Å². The summed E-state index contributed by atoms with van der Waals surface area (Å²) in [6.07, 6.45) is 5.75. The van der Waals surface area contributed by atoms with Crippen LogP contribution in [0.4, 0.5) is 10.5 Å². The van der Waals surface area contributed by atoms with Crippen LogP contribution < -0.4 is 20.1 Å². The Morgan fingerprint density at radius 1 is 1.28 bits per heavy atom. The highest BCUT2D eigenvalue weighted by Gasteiger charge is 2.33. The zero-order valence-corrected chi connectivity index (χ0v) is 19.1. The number of nitrogens with zero attached hydrogens (tertiary/aromatic N) is 3. The lowest BCUT2D eigenvalue weighted by molar-refractivity contribution is 0.180. The third kappa shape index (κ3) is 3.62. The quantitative estimate of drug-likeness (QED) is 0.620. The highest BCUT2D eigenvalue weighted by atomic mass is 32.2. The molecule has 2 unspecified atom stereocenters.